The topological polar surface area (TPSA) is 53.6 Å². The number of anilines is 2. The monoisotopic (exact) mass is 397 g/mol. The molecule has 1 fully saturated rings. The molecule has 0 atom stereocenters. The zero-order valence-electron chi connectivity index (χ0n) is 16.2. The van der Waals surface area contributed by atoms with Gasteiger partial charge in [-0.1, -0.05) is 13.0 Å². The van der Waals surface area contributed by atoms with E-state index in [2.05, 4.69) is 27.7 Å². The van der Waals surface area contributed by atoms with Crippen molar-refractivity contribution in [2.45, 2.75) is 32.6 Å². The Balaban J connectivity index is 1.54. The Kier molecular flexibility index (Phi) is 7.25. The number of hydrogen-bond acceptors (Lipinski definition) is 4. The lowest BCUT2D eigenvalue weighted by atomic mass is 10.1. The SMILES string of the molecule is CCCOc1cccc(C(=O)NC(=S)Nc2ccc(N3CCCCC3)cc2)c1. The third-order valence-electron chi connectivity index (χ3n) is 4.64. The second-order valence-electron chi connectivity index (χ2n) is 6.88. The maximum absolute atomic E-state index is 12.4. The molecule has 1 aliphatic heterocycles. The number of nitrogens with one attached hydrogen (secondary N) is 2. The van der Waals surface area contributed by atoms with Crippen LogP contribution in [0.25, 0.3) is 0 Å². The number of amides is 1. The number of piperidine rings is 1. The Bertz CT molecular complexity index is 802. The maximum Gasteiger partial charge on any atom is 0.257 e. The van der Waals surface area contributed by atoms with Gasteiger partial charge in [-0.15, -0.1) is 0 Å². The van der Waals surface area contributed by atoms with Crippen LogP contribution in [0.1, 0.15) is 43.0 Å². The molecule has 6 heteroatoms. The van der Waals surface area contributed by atoms with Gasteiger partial charge < -0.3 is 15.0 Å². The molecule has 0 aromatic heterocycles. The number of hydrogen-bond donors (Lipinski definition) is 2. The van der Waals surface area contributed by atoms with Crippen LogP contribution in [0.4, 0.5) is 11.4 Å². The van der Waals surface area contributed by atoms with Crippen LogP contribution in [-0.2, 0) is 0 Å². The molecule has 5 nitrogen and oxygen atoms in total. The van der Waals surface area contributed by atoms with E-state index in [0.717, 1.165) is 25.2 Å². The minimum absolute atomic E-state index is 0.260. The van der Waals surface area contributed by atoms with Crippen LogP contribution in [0.5, 0.6) is 5.75 Å². The predicted molar refractivity (Wildman–Crippen MR) is 118 cm³/mol. The van der Waals surface area contributed by atoms with E-state index in [1.165, 1.54) is 24.9 Å². The van der Waals surface area contributed by atoms with E-state index in [9.17, 15) is 4.79 Å². The highest BCUT2D eigenvalue weighted by Gasteiger charge is 2.12. The second kappa shape index (κ2) is 10.1. The highest BCUT2D eigenvalue weighted by Crippen LogP contribution is 2.21. The molecule has 28 heavy (non-hydrogen) atoms. The molecular formula is C22H27N3O2S. The lowest BCUT2D eigenvalue weighted by molar-refractivity contribution is 0.0977. The van der Waals surface area contributed by atoms with Crippen molar-refractivity contribution in [3.05, 3.63) is 54.1 Å². The molecule has 1 amide bonds. The normalized spacial score (nSPS) is 13.7. The third kappa shape index (κ3) is 5.70. The largest absolute Gasteiger partial charge is 0.494 e. The van der Waals surface area contributed by atoms with E-state index >= 15 is 0 Å². The average Bonchev–Trinajstić information content (AvgIpc) is 2.73. The number of rotatable bonds is 6. The van der Waals surface area contributed by atoms with Crippen LogP contribution >= 0.6 is 12.2 Å². The average molecular weight is 398 g/mol. The molecule has 0 saturated carbocycles. The predicted octanol–water partition coefficient (Wildman–Crippen LogP) is 4.59. The molecule has 1 aliphatic rings. The van der Waals surface area contributed by atoms with Gasteiger partial charge in [0.15, 0.2) is 5.11 Å². The van der Waals surface area contributed by atoms with Crippen LogP contribution in [-0.4, -0.2) is 30.7 Å². The summed E-state index contributed by atoms with van der Waals surface area (Å²) in [5, 5.41) is 6.07. The van der Waals surface area contributed by atoms with Gasteiger partial charge in [0.25, 0.3) is 5.91 Å². The molecular weight excluding hydrogens is 370 g/mol. The van der Waals surface area contributed by atoms with Gasteiger partial charge in [0.2, 0.25) is 0 Å². The molecule has 3 rings (SSSR count). The number of thiocarbonyl (C=S) groups is 1. The summed E-state index contributed by atoms with van der Waals surface area (Å²) < 4.78 is 5.58. The summed E-state index contributed by atoms with van der Waals surface area (Å²) in [5.41, 5.74) is 2.59. The molecule has 0 aliphatic carbocycles. The van der Waals surface area contributed by atoms with Gasteiger partial charge in [-0.3, -0.25) is 10.1 Å². The Morgan fingerprint density at radius 1 is 1.11 bits per heavy atom. The van der Waals surface area contributed by atoms with Gasteiger partial charge in [0, 0.05) is 30.0 Å². The molecule has 148 valence electrons. The molecule has 0 radical (unpaired) electrons. The van der Waals surface area contributed by atoms with Crippen LogP contribution < -0.4 is 20.3 Å². The minimum Gasteiger partial charge on any atom is -0.494 e. The summed E-state index contributed by atoms with van der Waals surface area (Å²) in [6.45, 7) is 4.89. The number of benzene rings is 2. The summed E-state index contributed by atoms with van der Waals surface area (Å²) in [6.07, 6.45) is 4.74. The molecule has 0 unspecified atom stereocenters. The smallest absolute Gasteiger partial charge is 0.257 e. The van der Waals surface area contributed by atoms with Gasteiger partial charge in [0.1, 0.15) is 5.75 Å². The Morgan fingerprint density at radius 3 is 2.57 bits per heavy atom. The van der Waals surface area contributed by atoms with Gasteiger partial charge in [-0.25, -0.2) is 0 Å². The fourth-order valence-corrected chi connectivity index (χ4v) is 3.40. The highest BCUT2D eigenvalue weighted by molar-refractivity contribution is 7.80. The lowest BCUT2D eigenvalue weighted by Gasteiger charge is -2.28. The standard InChI is InChI=1S/C22H27N3O2S/c1-2-15-27-20-8-6-7-17(16-20)21(26)24-22(28)23-18-9-11-19(12-10-18)25-13-4-3-5-14-25/h6-12,16H,2-5,13-15H2,1H3,(H2,23,24,26,28). The van der Waals surface area contributed by atoms with E-state index in [-0.39, 0.29) is 11.0 Å². The van der Waals surface area contributed by atoms with Gasteiger partial charge >= 0.3 is 0 Å². The quantitative estimate of drug-likeness (QED) is 0.698. The summed E-state index contributed by atoms with van der Waals surface area (Å²) in [7, 11) is 0. The van der Waals surface area contributed by atoms with Crippen molar-refractivity contribution in [1.29, 1.82) is 0 Å². The second-order valence-corrected chi connectivity index (χ2v) is 7.29. The fourth-order valence-electron chi connectivity index (χ4n) is 3.19. The maximum atomic E-state index is 12.4. The van der Waals surface area contributed by atoms with E-state index in [0.29, 0.717) is 17.9 Å². The molecule has 0 bridgehead atoms. The summed E-state index contributed by atoms with van der Waals surface area (Å²) in [6, 6.07) is 15.3. The number of ether oxygens (including phenoxy) is 1. The van der Waals surface area contributed by atoms with Gasteiger partial charge in [-0.05, 0) is 80.4 Å². The first-order chi connectivity index (χ1) is 13.7. The molecule has 2 aromatic rings. The molecule has 1 saturated heterocycles. The van der Waals surface area contributed by atoms with Crippen molar-refractivity contribution in [1.82, 2.24) is 5.32 Å². The van der Waals surface area contributed by atoms with Crippen LogP contribution in [0, 0.1) is 0 Å². The van der Waals surface area contributed by atoms with Gasteiger partial charge in [0.05, 0.1) is 6.61 Å². The number of carbonyl (C=O) groups is 1. The zero-order valence-corrected chi connectivity index (χ0v) is 17.1. The van der Waals surface area contributed by atoms with Crippen LogP contribution in [0.2, 0.25) is 0 Å². The van der Waals surface area contributed by atoms with Crippen molar-refractivity contribution in [3.8, 4) is 5.75 Å². The first-order valence-corrected chi connectivity index (χ1v) is 10.3. The van der Waals surface area contributed by atoms with E-state index in [4.69, 9.17) is 17.0 Å². The highest BCUT2D eigenvalue weighted by atomic mass is 32.1. The van der Waals surface area contributed by atoms with E-state index in [1.807, 2.05) is 25.1 Å². The molecule has 1 heterocycles. The Hall–Kier alpha value is -2.60. The Labute approximate surface area is 172 Å². The van der Waals surface area contributed by atoms with Crippen molar-refractivity contribution in [2.75, 3.05) is 29.9 Å². The van der Waals surface area contributed by atoms with E-state index in [1.54, 1.807) is 18.2 Å². The minimum atomic E-state index is -0.260. The summed E-state index contributed by atoms with van der Waals surface area (Å²) >= 11 is 5.29. The van der Waals surface area contributed by atoms with Crippen molar-refractivity contribution >= 4 is 34.6 Å². The first kappa shape index (κ1) is 20.1. The number of carbonyl (C=O) groups excluding carboxylic acids is 1. The molecule has 0 spiro atoms. The van der Waals surface area contributed by atoms with Crippen LogP contribution in [0.3, 0.4) is 0 Å². The third-order valence-corrected chi connectivity index (χ3v) is 4.85. The van der Waals surface area contributed by atoms with Crippen molar-refractivity contribution < 1.29 is 9.53 Å². The van der Waals surface area contributed by atoms with Crippen LogP contribution in [0.15, 0.2) is 48.5 Å². The lowest BCUT2D eigenvalue weighted by Crippen LogP contribution is -2.34. The first-order valence-electron chi connectivity index (χ1n) is 9.86. The Morgan fingerprint density at radius 2 is 1.86 bits per heavy atom. The molecule has 2 N–H and O–H groups in total. The fraction of sp³-hybridized carbons (Fsp3) is 0.364. The van der Waals surface area contributed by atoms with Crippen molar-refractivity contribution in [3.63, 3.8) is 0 Å². The van der Waals surface area contributed by atoms with E-state index < -0.39 is 0 Å². The zero-order chi connectivity index (χ0) is 19.8. The summed E-state index contributed by atoms with van der Waals surface area (Å²) in [4.78, 5) is 14.8. The number of nitrogens with zero attached hydrogens (tertiary/aromatic N) is 1. The van der Waals surface area contributed by atoms with Crippen molar-refractivity contribution in [2.24, 2.45) is 0 Å². The summed E-state index contributed by atoms with van der Waals surface area (Å²) in [5.74, 6) is 0.422. The molecule has 2 aromatic carbocycles. The van der Waals surface area contributed by atoms with Gasteiger partial charge in [-0.2, -0.15) is 0 Å².